The van der Waals surface area contributed by atoms with E-state index < -0.39 is 36.1 Å². The first-order valence-corrected chi connectivity index (χ1v) is 9.54. The van der Waals surface area contributed by atoms with Gasteiger partial charge in [0, 0.05) is 38.7 Å². The van der Waals surface area contributed by atoms with Gasteiger partial charge in [-0.1, -0.05) is 0 Å². The first kappa shape index (κ1) is 20.6. The van der Waals surface area contributed by atoms with Crippen molar-refractivity contribution in [1.29, 1.82) is 0 Å². The van der Waals surface area contributed by atoms with Crippen LogP contribution >= 0.6 is 0 Å². The Kier molecular flexibility index (Phi) is 5.03. The Morgan fingerprint density at radius 1 is 1.16 bits per heavy atom. The highest BCUT2D eigenvalue weighted by atomic mass is 19.3. The van der Waals surface area contributed by atoms with Crippen LogP contribution in [0.5, 0.6) is 11.5 Å². The number of carbonyl (C=O) groups excluding carboxylic acids is 3. The summed E-state index contributed by atoms with van der Waals surface area (Å²) in [4.78, 5) is 45.5. The zero-order chi connectivity index (χ0) is 22.2. The van der Waals surface area contributed by atoms with E-state index in [1.54, 1.807) is 12.1 Å². The predicted molar refractivity (Wildman–Crippen MR) is 104 cm³/mol. The summed E-state index contributed by atoms with van der Waals surface area (Å²) < 4.78 is 32.1. The van der Waals surface area contributed by atoms with Crippen molar-refractivity contribution in [2.24, 2.45) is 5.41 Å². The summed E-state index contributed by atoms with van der Waals surface area (Å²) in [6.07, 6.45) is 2.00. The van der Waals surface area contributed by atoms with Crippen LogP contribution in [0.15, 0.2) is 36.7 Å². The second-order valence-corrected chi connectivity index (χ2v) is 7.56. The first-order chi connectivity index (χ1) is 14.7. The van der Waals surface area contributed by atoms with Crippen molar-refractivity contribution in [1.82, 2.24) is 20.2 Å². The number of nitrogens with one attached hydrogen (secondary N) is 2. The Labute approximate surface area is 175 Å². The topological polar surface area (TPSA) is 114 Å². The summed E-state index contributed by atoms with van der Waals surface area (Å²) in [6.45, 7) is 0.0949. The van der Waals surface area contributed by atoms with E-state index in [-0.39, 0.29) is 30.4 Å². The standard InChI is InChI=1S/C20H19F2N5O4/c1-23-16(28)14-8-12(4-6-24-14)31-13-2-3-15(25-9-13)26-18(30)27-7-5-19(17(27)29)10-20(21,22)11-19/h2-4,6,8-9H,5,7,10-11H2,1H3,(H,23,28)(H,25,26,30). The number of nitrogens with zero attached hydrogens (tertiary/aromatic N) is 3. The molecule has 0 aromatic carbocycles. The molecule has 2 aromatic heterocycles. The summed E-state index contributed by atoms with van der Waals surface area (Å²) >= 11 is 0. The number of hydrogen-bond acceptors (Lipinski definition) is 6. The van der Waals surface area contributed by atoms with Gasteiger partial charge in [-0.15, -0.1) is 0 Å². The smallest absolute Gasteiger partial charge is 0.329 e. The third-order valence-electron chi connectivity index (χ3n) is 5.35. The molecule has 2 aliphatic rings. The van der Waals surface area contributed by atoms with Crippen LogP contribution < -0.4 is 15.4 Å². The molecule has 4 rings (SSSR count). The number of alkyl halides is 2. The van der Waals surface area contributed by atoms with E-state index in [1.807, 2.05) is 0 Å². The van der Waals surface area contributed by atoms with Crippen LogP contribution in [0, 0.1) is 5.41 Å². The molecule has 0 unspecified atom stereocenters. The molecule has 1 saturated carbocycles. The molecule has 4 amide bonds. The molecule has 2 aromatic rings. The van der Waals surface area contributed by atoms with Gasteiger partial charge in [-0.3, -0.25) is 24.8 Å². The van der Waals surface area contributed by atoms with Gasteiger partial charge in [0.05, 0.1) is 11.6 Å². The summed E-state index contributed by atoms with van der Waals surface area (Å²) in [5.41, 5.74) is -0.932. The van der Waals surface area contributed by atoms with E-state index in [9.17, 15) is 23.2 Å². The fourth-order valence-electron chi connectivity index (χ4n) is 3.84. The van der Waals surface area contributed by atoms with Gasteiger partial charge in [0.1, 0.15) is 23.0 Å². The van der Waals surface area contributed by atoms with Crippen LogP contribution in [0.4, 0.5) is 19.4 Å². The monoisotopic (exact) mass is 431 g/mol. The SMILES string of the molecule is CNC(=O)c1cc(Oc2ccc(NC(=O)N3CCC4(CC(F)(F)C4)C3=O)nc2)ccn1. The molecule has 2 N–H and O–H groups in total. The minimum atomic E-state index is -2.84. The quantitative estimate of drug-likeness (QED) is 0.770. The molecule has 11 heteroatoms. The summed E-state index contributed by atoms with van der Waals surface area (Å²) in [5, 5.41) is 4.96. The molecule has 1 aliphatic heterocycles. The third-order valence-corrected chi connectivity index (χ3v) is 5.35. The van der Waals surface area contributed by atoms with Gasteiger partial charge < -0.3 is 10.1 Å². The van der Waals surface area contributed by atoms with E-state index in [4.69, 9.17) is 4.74 Å². The maximum atomic E-state index is 13.2. The van der Waals surface area contributed by atoms with E-state index >= 15 is 0 Å². The van der Waals surface area contributed by atoms with Crippen LogP contribution in [0.3, 0.4) is 0 Å². The van der Waals surface area contributed by atoms with Crippen molar-refractivity contribution >= 4 is 23.7 Å². The Morgan fingerprint density at radius 3 is 2.58 bits per heavy atom. The summed E-state index contributed by atoms with van der Waals surface area (Å²) in [7, 11) is 1.49. The Balaban J connectivity index is 1.36. The van der Waals surface area contributed by atoms with Gasteiger partial charge in [0.25, 0.3) is 5.91 Å². The normalized spacial score (nSPS) is 18.4. The van der Waals surface area contributed by atoms with E-state index in [2.05, 4.69) is 20.6 Å². The molecule has 3 heterocycles. The van der Waals surface area contributed by atoms with E-state index in [1.165, 1.54) is 31.6 Å². The van der Waals surface area contributed by atoms with Crippen molar-refractivity contribution in [3.63, 3.8) is 0 Å². The highest BCUT2D eigenvalue weighted by Crippen LogP contribution is 2.57. The number of urea groups is 1. The summed E-state index contributed by atoms with van der Waals surface area (Å²) in [5.74, 6) is -2.87. The molecular formula is C20H19F2N5O4. The maximum absolute atomic E-state index is 13.2. The van der Waals surface area contributed by atoms with Crippen molar-refractivity contribution in [2.45, 2.75) is 25.2 Å². The average Bonchev–Trinajstić information content (AvgIpc) is 3.05. The van der Waals surface area contributed by atoms with Gasteiger partial charge in [-0.25, -0.2) is 18.6 Å². The molecule has 1 aliphatic carbocycles. The molecule has 0 bridgehead atoms. The minimum absolute atomic E-state index is 0.0949. The largest absolute Gasteiger partial charge is 0.456 e. The number of hydrogen-bond donors (Lipinski definition) is 2. The number of ether oxygens (including phenoxy) is 1. The Morgan fingerprint density at radius 2 is 1.94 bits per heavy atom. The highest BCUT2D eigenvalue weighted by molar-refractivity contribution is 6.04. The maximum Gasteiger partial charge on any atom is 0.329 e. The van der Waals surface area contributed by atoms with Crippen LogP contribution in [-0.2, 0) is 4.79 Å². The molecule has 1 spiro atoms. The second kappa shape index (κ2) is 7.56. The number of halogens is 2. The molecule has 162 valence electrons. The second-order valence-electron chi connectivity index (χ2n) is 7.56. The van der Waals surface area contributed by atoms with Gasteiger partial charge in [0.15, 0.2) is 0 Å². The Hall–Kier alpha value is -3.63. The van der Waals surface area contributed by atoms with Gasteiger partial charge in [-0.2, -0.15) is 0 Å². The number of likely N-dealkylation sites (tertiary alicyclic amines) is 1. The lowest BCUT2D eigenvalue weighted by Gasteiger charge is -2.42. The van der Waals surface area contributed by atoms with Crippen molar-refractivity contribution in [3.8, 4) is 11.5 Å². The first-order valence-electron chi connectivity index (χ1n) is 9.54. The lowest BCUT2D eigenvalue weighted by Crippen LogP contribution is -2.52. The lowest BCUT2D eigenvalue weighted by atomic mass is 9.65. The van der Waals surface area contributed by atoms with Crippen molar-refractivity contribution in [3.05, 3.63) is 42.4 Å². The highest BCUT2D eigenvalue weighted by Gasteiger charge is 2.64. The predicted octanol–water partition coefficient (Wildman–Crippen LogP) is 2.81. The van der Waals surface area contributed by atoms with Crippen LogP contribution in [0.2, 0.25) is 0 Å². The van der Waals surface area contributed by atoms with Gasteiger partial charge >= 0.3 is 6.03 Å². The molecular weight excluding hydrogens is 412 g/mol. The molecule has 0 atom stereocenters. The number of rotatable bonds is 4. The molecule has 31 heavy (non-hydrogen) atoms. The van der Waals surface area contributed by atoms with Crippen molar-refractivity contribution in [2.75, 3.05) is 18.9 Å². The van der Waals surface area contributed by atoms with Crippen LogP contribution in [0.1, 0.15) is 29.8 Å². The fourth-order valence-corrected chi connectivity index (χ4v) is 3.84. The van der Waals surface area contributed by atoms with Crippen molar-refractivity contribution < 1.29 is 27.9 Å². The summed E-state index contributed by atoms with van der Waals surface area (Å²) in [6, 6.07) is 5.35. The molecule has 0 radical (unpaired) electrons. The number of carbonyl (C=O) groups is 3. The van der Waals surface area contributed by atoms with E-state index in [0.29, 0.717) is 11.5 Å². The van der Waals surface area contributed by atoms with Crippen LogP contribution in [-0.4, -0.2) is 52.2 Å². The minimum Gasteiger partial charge on any atom is -0.456 e. The fraction of sp³-hybridized carbons (Fsp3) is 0.350. The zero-order valence-electron chi connectivity index (χ0n) is 16.5. The van der Waals surface area contributed by atoms with Gasteiger partial charge in [0.2, 0.25) is 11.8 Å². The zero-order valence-corrected chi connectivity index (χ0v) is 16.5. The molecule has 9 nitrogen and oxygen atoms in total. The molecule has 2 fully saturated rings. The van der Waals surface area contributed by atoms with Crippen LogP contribution in [0.25, 0.3) is 0 Å². The number of aromatic nitrogens is 2. The lowest BCUT2D eigenvalue weighted by molar-refractivity contribution is -0.176. The number of anilines is 1. The number of imide groups is 1. The van der Waals surface area contributed by atoms with Gasteiger partial charge in [-0.05, 0) is 24.6 Å². The number of pyridine rings is 2. The average molecular weight is 431 g/mol. The molecule has 1 saturated heterocycles. The Bertz CT molecular complexity index is 1040. The third kappa shape index (κ3) is 4.03. The number of amides is 4. The van der Waals surface area contributed by atoms with E-state index in [0.717, 1.165) is 4.90 Å².